The fourth-order valence-corrected chi connectivity index (χ4v) is 5.81. The number of hydrogen-bond donors (Lipinski definition) is 0. The van der Waals surface area contributed by atoms with E-state index in [2.05, 4.69) is 0 Å². The van der Waals surface area contributed by atoms with E-state index in [0.29, 0.717) is 20.1 Å². The maximum absolute atomic E-state index is 13.7. The van der Waals surface area contributed by atoms with Crippen LogP contribution in [0.3, 0.4) is 0 Å². The minimum absolute atomic E-state index is 0.187. The second-order valence-corrected chi connectivity index (χ2v) is 11.1. The highest BCUT2D eigenvalue weighted by Gasteiger charge is 2.18. The predicted molar refractivity (Wildman–Crippen MR) is 157 cm³/mol. The molecule has 4 rings (SSSR count). The van der Waals surface area contributed by atoms with E-state index < -0.39 is 0 Å². The molecule has 2 atom stereocenters. The first-order valence-corrected chi connectivity index (χ1v) is 13.7. The van der Waals surface area contributed by atoms with Crippen LogP contribution in [-0.4, -0.2) is 0 Å². The second-order valence-electron chi connectivity index (χ2n) is 8.13. The summed E-state index contributed by atoms with van der Waals surface area (Å²) in [6, 6.07) is 23.3. The summed E-state index contributed by atoms with van der Waals surface area (Å²) in [6.07, 6.45) is 7.85. The molecule has 2 unspecified atom stereocenters. The van der Waals surface area contributed by atoms with Crippen molar-refractivity contribution in [1.29, 1.82) is 0 Å². The zero-order valence-corrected chi connectivity index (χ0v) is 23.1. The zero-order chi connectivity index (χ0) is 26.4. The molecule has 0 nitrogen and oxygen atoms in total. The first kappa shape index (κ1) is 27.8. The lowest BCUT2D eigenvalue weighted by Crippen LogP contribution is -1.98. The Morgan fingerprint density at radius 3 is 1.27 bits per heavy atom. The average molecular weight is 592 g/mol. The Balaban J connectivity index is 1.71. The van der Waals surface area contributed by atoms with Crippen LogP contribution in [0.2, 0.25) is 20.1 Å². The summed E-state index contributed by atoms with van der Waals surface area (Å²) in [4.78, 5) is 0. The third kappa shape index (κ3) is 7.86. The molecule has 0 heterocycles. The lowest BCUT2D eigenvalue weighted by Gasteiger charge is -2.20. The Bertz CT molecular complexity index is 1310. The molecule has 0 bridgehead atoms. The molecule has 4 aromatic carbocycles. The van der Waals surface area contributed by atoms with Gasteiger partial charge in [-0.15, -0.1) is 11.8 Å². The molecule has 0 aromatic heterocycles. The minimum atomic E-state index is -0.315. The van der Waals surface area contributed by atoms with Gasteiger partial charge < -0.3 is 0 Å². The maximum Gasteiger partial charge on any atom is 0.123 e. The van der Waals surface area contributed by atoms with Gasteiger partial charge in [-0.3, -0.25) is 0 Å². The Morgan fingerprint density at radius 2 is 0.919 bits per heavy atom. The van der Waals surface area contributed by atoms with Crippen LogP contribution < -0.4 is 0 Å². The van der Waals surface area contributed by atoms with Crippen molar-refractivity contribution in [3.63, 3.8) is 0 Å². The highest BCUT2D eigenvalue weighted by Crippen LogP contribution is 2.43. The van der Waals surface area contributed by atoms with Gasteiger partial charge in [-0.25, -0.2) is 8.78 Å². The van der Waals surface area contributed by atoms with Crippen molar-refractivity contribution in [2.24, 2.45) is 0 Å². The molecule has 0 aliphatic rings. The van der Waals surface area contributed by atoms with Gasteiger partial charge >= 0.3 is 0 Å². The van der Waals surface area contributed by atoms with Gasteiger partial charge in [0.2, 0.25) is 0 Å². The van der Waals surface area contributed by atoms with Crippen LogP contribution in [0.15, 0.2) is 97.1 Å². The quantitative estimate of drug-likeness (QED) is 0.196. The summed E-state index contributed by atoms with van der Waals surface area (Å²) < 4.78 is 27.4. The van der Waals surface area contributed by atoms with Crippen LogP contribution >= 0.6 is 58.2 Å². The van der Waals surface area contributed by atoms with E-state index in [-0.39, 0.29) is 22.1 Å². The molecule has 0 spiro atoms. The normalized spacial score (nSPS) is 13.4. The van der Waals surface area contributed by atoms with E-state index >= 15 is 0 Å². The van der Waals surface area contributed by atoms with Gasteiger partial charge in [-0.05, 0) is 70.8 Å². The third-order valence-corrected chi connectivity index (χ3v) is 8.09. The fourth-order valence-electron chi connectivity index (χ4n) is 3.59. The minimum Gasteiger partial charge on any atom is -0.207 e. The number of thioether (sulfide) groups is 1. The Labute approximate surface area is 239 Å². The van der Waals surface area contributed by atoms with Crippen LogP contribution in [0, 0.1) is 11.6 Å². The van der Waals surface area contributed by atoms with E-state index in [4.69, 9.17) is 46.4 Å². The van der Waals surface area contributed by atoms with Gasteiger partial charge in [0.05, 0.1) is 0 Å². The lowest BCUT2D eigenvalue weighted by molar-refractivity contribution is 0.627. The zero-order valence-electron chi connectivity index (χ0n) is 19.2. The van der Waals surface area contributed by atoms with Crippen LogP contribution in [-0.2, 0) is 0 Å². The summed E-state index contributed by atoms with van der Waals surface area (Å²) in [6.45, 7) is 0. The average Bonchev–Trinajstić information content (AvgIpc) is 2.87. The van der Waals surface area contributed by atoms with Crippen LogP contribution in [0.25, 0.3) is 12.2 Å². The van der Waals surface area contributed by atoms with Crippen molar-refractivity contribution in [3.8, 4) is 0 Å². The molecule has 0 saturated carbocycles. The lowest BCUT2D eigenvalue weighted by atomic mass is 10.1. The molecular formula is C30H20Cl4F2S. The first-order chi connectivity index (χ1) is 17.8. The van der Waals surface area contributed by atoms with E-state index in [1.54, 1.807) is 60.3 Å². The number of rotatable bonds is 8. The van der Waals surface area contributed by atoms with Crippen molar-refractivity contribution in [3.05, 3.63) is 151 Å². The Morgan fingerprint density at radius 1 is 0.541 bits per heavy atom. The van der Waals surface area contributed by atoms with Crippen molar-refractivity contribution in [1.82, 2.24) is 0 Å². The predicted octanol–water partition coefficient (Wildman–Crippen LogP) is 11.5. The van der Waals surface area contributed by atoms with Crippen molar-refractivity contribution in [2.75, 3.05) is 0 Å². The highest BCUT2D eigenvalue weighted by molar-refractivity contribution is 8.00. The van der Waals surface area contributed by atoms with Gasteiger partial charge in [0.25, 0.3) is 0 Å². The van der Waals surface area contributed by atoms with Crippen LogP contribution in [0.1, 0.15) is 32.8 Å². The highest BCUT2D eigenvalue weighted by atomic mass is 35.5. The van der Waals surface area contributed by atoms with Gasteiger partial charge in [0.1, 0.15) is 11.6 Å². The largest absolute Gasteiger partial charge is 0.207 e. The first-order valence-electron chi connectivity index (χ1n) is 11.2. The monoisotopic (exact) mass is 590 g/mol. The summed E-state index contributed by atoms with van der Waals surface area (Å²) in [5.74, 6) is -0.630. The Kier molecular flexibility index (Phi) is 9.75. The van der Waals surface area contributed by atoms with E-state index in [9.17, 15) is 8.78 Å². The molecule has 0 fully saturated rings. The van der Waals surface area contributed by atoms with Crippen LogP contribution in [0.5, 0.6) is 0 Å². The van der Waals surface area contributed by atoms with Crippen molar-refractivity contribution < 1.29 is 8.78 Å². The SMILES string of the molecule is Fc1ccc(C(C=Cc2ccc(Cl)cc2Cl)SC(/C=C\c2ccc(Cl)cc2Cl)c2ccc(F)cc2)cc1. The fraction of sp³-hybridized carbons (Fsp3) is 0.0667. The topological polar surface area (TPSA) is 0 Å². The van der Waals surface area contributed by atoms with Crippen molar-refractivity contribution in [2.45, 2.75) is 10.5 Å². The third-order valence-electron chi connectivity index (χ3n) is 5.52. The van der Waals surface area contributed by atoms with Gasteiger partial charge in [0, 0.05) is 30.6 Å². The summed E-state index contributed by atoms with van der Waals surface area (Å²) in [5, 5.41) is 1.78. The summed E-state index contributed by atoms with van der Waals surface area (Å²) in [7, 11) is 0. The summed E-state index contributed by atoms with van der Waals surface area (Å²) in [5.41, 5.74) is 3.41. The molecular weight excluding hydrogens is 572 g/mol. The van der Waals surface area contributed by atoms with Crippen LogP contribution in [0.4, 0.5) is 8.78 Å². The molecule has 0 aliphatic heterocycles. The van der Waals surface area contributed by atoms with Crippen molar-refractivity contribution >= 4 is 70.3 Å². The number of benzene rings is 4. The standard InChI is InChI=1S/C30H20Cl4F2S/c31-23-9-1-19(27(33)17-23)7-15-29(21-3-11-25(35)12-4-21)37-30(22-5-13-26(36)14-6-22)16-8-20-2-10-24(32)18-28(20)34/h1-18,29-30H/b15-7-,16-8?. The number of halogens is 6. The molecule has 0 aliphatic carbocycles. The molecule has 188 valence electrons. The molecule has 7 heteroatoms. The summed E-state index contributed by atoms with van der Waals surface area (Å²) >= 11 is 26.5. The molecule has 0 saturated heterocycles. The smallest absolute Gasteiger partial charge is 0.123 e. The number of hydrogen-bond acceptors (Lipinski definition) is 1. The Hall–Kier alpha value is -2.27. The molecule has 0 N–H and O–H groups in total. The van der Waals surface area contributed by atoms with E-state index in [0.717, 1.165) is 22.3 Å². The molecule has 4 aromatic rings. The second kappa shape index (κ2) is 13.0. The maximum atomic E-state index is 13.7. The van der Waals surface area contributed by atoms with E-state index in [1.807, 2.05) is 36.4 Å². The van der Waals surface area contributed by atoms with Gasteiger partial charge in [0.15, 0.2) is 0 Å². The molecule has 0 amide bonds. The van der Waals surface area contributed by atoms with Gasteiger partial charge in [-0.2, -0.15) is 0 Å². The molecule has 0 radical (unpaired) electrons. The van der Waals surface area contributed by atoms with E-state index in [1.165, 1.54) is 24.3 Å². The van der Waals surface area contributed by atoms with Gasteiger partial charge in [-0.1, -0.05) is 107 Å². The molecule has 37 heavy (non-hydrogen) atoms.